The SMILES string of the molecule is Cc1cc(-c2ccccc2)cc(-c2cccc(-c3cccc(-c4ccc5c(c4)c4ccccc4n5C)c3)c2)c1. The molecular formula is C38H29N. The van der Waals surface area contributed by atoms with Gasteiger partial charge in [-0.1, -0.05) is 103 Å². The van der Waals surface area contributed by atoms with E-state index in [4.69, 9.17) is 0 Å². The summed E-state index contributed by atoms with van der Waals surface area (Å²) >= 11 is 0. The first-order chi connectivity index (χ1) is 19.1. The monoisotopic (exact) mass is 499 g/mol. The van der Waals surface area contributed by atoms with Crippen molar-refractivity contribution < 1.29 is 0 Å². The van der Waals surface area contributed by atoms with Gasteiger partial charge >= 0.3 is 0 Å². The zero-order valence-corrected chi connectivity index (χ0v) is 22.2. The molecule has 39 heavy (non-hydrogen) atoms. The number of hydrogen-bond donors (Lipinski definition) is 0. The van der Waals surface area contributed by atoms with Gasteiger partial charge in [0.1, 0.15) is 0 Å². The summed E-state index contributed by atoms with van der Waals surface area (Å²) in [6.07, 6.45) is 0. The van der Waals surface area contributed by atoms with Gasteiger partial charge in [0.25, 0.3) is 0 Å². The summed E-state index contributed by atoms with van der Waals surface area (Å²) in [4.78, 5) is 0. The number of aryl methyl sites for hydroxylation is 2. The number of rotatable bonds is 4. The maximum absolute atomic E-state index is 2.34. The summed E-state index contributed by atoms with van der Waals surface area (Å²) in [7, 11) is 2.15. The molecule has 0 saturated carbocycles. The van der Waals surface area contributed by atoms with Crippen molar-refractivity contribution >= 4 is 21.8 Å². The molecule has 1 nitrogen and oxygen atoms in total. The van der Waals surface area contributed by atoms with Gasteiger partial charge in [0.15, 0.2) is 0 Å². The lowest BCUT2D eigenvalue weighted by Gasteiger charge is -2.11. The van der Waals surface area contributed by atoms with Crippen LogP contribution in [0.5, 0.6) is 0 Å². The Morgan fingerprint density at radius 1 is 0.359 bits per heavy atom. The minimum absolute atomic E-state index is 1.23. The van der Waals surface area contributed by atoms with Gasteiger partial charge < -0.3 is 4.57 Å². The first kappa shape index (κ1) is 23.3. The van der Waals surface area contributed by atoms with E-state index in [9.17, 15) is 0 Å². The molecule has 1 heterocycles. The third-order valence-electron chi connectivity index (χ3n) is 7.82. The Morgan fingerprint density at radius 3 is 1.54 bits per heavy atom. The maximum atomic E-state index is 2.34. The van der Waals surface area contributed by atoms with E-state index in [1.54, 1.807) is 0 Å². The molecule has 0 atom stereocenters. The van der Waals surface area contributed by atoms with Gasteiger partial charge in [-0.2, -0.15) is 0 Å². The zero-order valence-electron chi connectivity index (χ0n) is 22.2. The van der Waals surface area contributed by atoms with Crippen LogP contribution in [0.4, 0.5) is 0 Å². The van der Waals surface area contributed by atoms with Crippen molar-refractivity contribution in [3.8, 4) is 44.5 Å². The van der Waals surface area contributed by atoms with Crippen molar-refractivity contribution in [2.75, 3.05) is 0 Å². The Hall–Kier alpha value is -4.88. The summed E-state index contributed by atoms with van der Waals surface area (Å²) in [6.45, 7) is 2.18. The van der Waals surface area contributed by atoms with E-state index in [0.717, 1.165) is 0 Å². The quantitative estimate of drug-likeness (QED) is 0.227. The number of benzene rings is 6. The predicted molar refractivity (Wildman–Crippen MR) is 167 cm³/mol. The van der Waals surface area contributed by atoms with Crippen molar-refractivity contribution in [3.63, 3.8) is 0 Å². The number of aromatic nitrogens is 1. The van der Waals surface area contributed by atoms with Crippen molar-refractivity contribution in [2.45, 2.75) is 6.92 Å². The van der Waals surface area contributed by atoms with E-state index in [2.05, 4.69) is 158 Å². The summed E-state index contributed by atoms with van der Waals surface area (Å²) < 4.78 is 2.28. The van der Waals surface area contributed by atoms with E-state index in [1.807, 2.05) is 0 Å². The van der Waals surface area contributed by atoms with Crippen molar-refractivity contribution in [1.29, 1.82) is 0 Å². The standard InChI is InChI=1S/C38H29N/c1-26-20-33(27-10-4-3-5-11-27)24-34(21-26)31-15-9-13-29(23-31)28-12-8-14-30(22-28)32-18-19-38-36(25-32)35-16-6-7-17-37(35)39(38)2/h3-25H,1-2H3. The maximum Gasteiger partial charge on any atom is 0.0489 e. The van der Waals surface area contributed by atoms with Crippen LogP contribution < -0.4 is 0 Å². The van der Waals surface area contributed by atoms with E-state index < -0.39 is 0 Å². The molecule has 7 rings (SSSR count). The molecule has 7 aromatic rings. The summed E-state index contributed by atoms with van der Waals surface area (Å²) in [5.74, 6) is 0. The molecule has 1 aromatic heterocycles. The smallest absolute Gasteiger partial charge is 0.0489 e. The van der Waals surface area contributed by atoms with Crippen LogP contribution in [0.2, 0.25) is 0 Å². The number of nitrogens with zero attached hydrogens (tertiary/aromatic N) is 1. The van der Waals surface area contributed by atoms with Crippen LogP contribution in [-0.2, 0) is 7.05 Å². The number of para-hydroxylation sites is 1. The molecule has 0 saturated heterocycles. The Bertz CT molecular complexity index is 1970. The van der Waals surface area contributed by atoms with Gasteiger partial charge in [0, 0.05) is 28.9 Å². The number of hydrogen-bond acceptors (Lipinski definition) is 0. The Morgan fingerprint density at radius 2 is 0.846 bits per heavy atom. The molecule has 1 heteroatoms. The van der Waals surface area contributed by atoms with E-state index >= 15 is 0 Å². The minimum atomic E-state index is 1.23. The molecule has 186 valence electrons. The van der Waals surface area contributed by atoms with Gasteiger partial charge in [-0.25, -0.2) is 0 Å². The van der Waals surface area contributed by atoms with Crippen LogP contribution >= 0.6 is 0 Å². The second-order valence-corrected chi connectivity index (χ2v) is 10.4. The third kappa shape index (κ3) is 4.23. The molecule has 0 bridgehead atoms. The normalized spacial score (nSPS) is 11.3. The average molecular weight is 500 g/mol. The predicted octanol–water partition coefficient (Wildman–Crippen LogP) is 10.3. The molecule has 6 aromatic carbocycles. The topological polar surface area (TPSA) is 4.93 Å². The van der Waals surface area contributed by atoms with E-state index in [0.29, 0.717) is 0 Å². The molecule has 0 fully saturated rings. The Labute approximate surface area is 229 Å². The fraction of sp³-hybridized carbons (Fsp3) is 0.0526. The number of fused-ring (bicyclic) bond motifs is 3. The average Bonchev–Trinajstić information content (AvgIpc) is 3.28. The van der Waals surface area contributed by atoms with Crippen LogP contribution in [0, 0.1) is 6.92 Å². The van der Waals surface area contributed by atoms with Crippen LogP contribution in [0.15, 0.2) is 140 Å². The molecule has 0 aliphatic heterocycles. The summed E-state index contributed by atoms with van der Waals surface area (Å²) in [5, 5.41) is 2.60. The van der Waals surface area contributed by atoms with Crippen molar-refractivity contribution in [1.82, 2.24) is 4.57 Å². The van der Waals surface area contributed by atoms with Crippen LogP contribution in [0.25, 0.3) is 66.3 Å². The fourth-order valence-corrected chi connectivity index (χ4v) is 5.85. The molecule has 0 aliphatic carbocycles. The van der Waals surface area contributed by atoms with Gasteiger partial charge in [-0.3, -0.25) is 0 Å². The van der Waals surface area contributed by atoms with Gasteiger partial charge in [-0.15, -0.1) is 0 Å². The van der Waals surface area contributed by atoms with Crippen molar-refractivity contribution in [3.05, 3.63) is 145 Å². The van der Waals surface area contributed by atoms with E-state index in [1.165, 1.54) is 71.9 Å². The second-order valence-electron chi connectivity index (χ2n) is 10.4. The first-order valence-corrected chi connectivity index (χ1v) is 13.5. The highest BCUT2D eigenvalue weighted by Gasteiger charge is 2.10. The molecule has 0 amide bonds. The highest BCUT2D eigenvalue weighted by Crippen LogP contribution is 2.35. The molecule has 0 unspecified atom stereocenters. The highest BCUT2D eigenvalue weighted by atomic mass is 14.9. The lowest BCUT2D eigenvalue weighted by atomic mass is 9.93. The van der Waals surface area contributed by atoms with Crippen LogP contribution in [0.1, 0.15) is 5.56 Å². The molecule has 0 aliphatic rings. The molecule has 0 N–H and O–H groups in total. The first-order valence-electron chi connectivity index (χ1n) is 13.5. The molecular weight excluding hydrogens is 470 g/mol. The van der Waals surface area contributed by atoms with Gasteiger partial charge in [-0.05, 0) is 93.4 Å². The lowest BCUT2D eigenvalue weighted by molar-refractivity contribution is 1.01. The fourth-order valence-electron chi connectivity index (χ4n) is 5.85. The second kappa shape index (κ2) is 9.45. The van der Waals surface area contributed by atoms with Gasteiger partial charge in [0.05, 0.1) is 0 Å². The van der Waals surface area contributed by atoms with Crippen LogP contribution in [0.3, 0.4) is 0 Å². The zero-order chi connectivity index (χ0) is 26.3. The Balaban J connectivity index is 1.28. The molecule has 0 spiro atoms. The largest absolute Gasteiger partial charge is 0.344 e. The summed E-state index contributed by atoms with van der Waals surface area (Å²) in [5.41, 5.74) is 13.7. The Kier molecular flexibility index (Phi) is 5.64. The van der Waals surface area contributed by atoms with E-state index in [-0.39, 0.29) is 0 Å². The van der Waals surface area contributed by atoms with Crippen LogP contribution in [-0.4, -0.2) is 4.57 Å². The lowest BCUT2D eigenvalue weighted by Crippen LogP contribution is -1.87. The highest BCUT2D eigenvalue weighted by molar-refractivity contribution is 6.09. The third-order valence-corrected chi connectivity index (χ3v) is 7.82. The van der Waals surface area contributed by atoms with Gasteiger partial charge in [0.2, 0.25) is 0 Å². The minimum Gasteiger partial charge on any atom is -0.344 e. The molecule has 0 radical (unpaired) electrons. The van der Waals surface area contributed by atoms with Crippen molar-refractivity contribution in [2.24, 2.45) is 7.05 Å². The summed E-state index contributed by atoms with van der Waals surface area (Å²) in [6, 6.07) is 50.8.